The molecule has 2 aliphatic heterocycles. The topological polar surface area (TPSA) is 41.5 Å². The first-order valence-corrected chi connectivity index (χ1v) is 10.2. The van der Waals surface area contributed by atoms with E-state index in [1.165, 1.54) is 16.9 Å². The monoisotopic (exact) mass is 366 g/mol. The zero-order chi connectivity index (χ0) is 18.8. The second-order valence-corrected chi connectivity index (χ2v) is 8.03. The van der Waals surface area contributed by atoms with Crippen molar-refractivity contribution in [2.75, 3.05) is 24.5 Å². The van der Waals surface area contributed by atoms with E-state index in [0.29, 0.717) is 12.1 Å². The predicted octanol–water partition coefficient (Wildman–Crippen LogP) is 3.60. The van der Waals surface area contributed by atoms with Crippen LogP contribution in [-0.4, -0.2) is 46.6 Å². The normalized spacial score (nSPS) is 18.6. The molecule has 0 aromatic carbocycles. The maximum absolute atomic E-state index is 6.21. The molecule has 0 atom stereocenters. The fourth-order valence-electron chi connectivity index (χ4n) is 4.01. The number of nitrogens with zero attached hydrogens (tertiary/aromatic N) is 4. The molecule has 1 fully saturated rings. The van der Waals surface area contributed by atoms with Gasteiger partial charge >= 0.3 is 0 Å². The second-order valence-electron chi connectivity index (χ2n) is 8.03. The van der Waals surface area contributed by atoms with Gasteiger partial charge in [-0.05, 0) is 51.3 Å². The van der Waals surface area contributed by atoms with Gasteiger partial charge in [0, 0.05) is 50.4 Å². The molecule has 0 bridgehead atoms. The van der Waals surface area contributed by atoms with Gasteiger partial charge in [0.25, 0.3) is 0 Å². The molecule has 2 aromatic heterocycles. The van der Waals surface area contributed by atoms with Crippen molar-refractivity contribution < 1.29 is 4.74 Å². The number of aryl methyl sites for hydroxylation is 1. The number of fused-ring (bicyclic) bond motifs is 1. The van der Waals surface area contributed by atoms with Crippen LogP contribution in [0.3, 0.4) is 0 Å². The van der Waals surface area contributed by atoms with Crippen LogP contribution in [0.15, 0.2) is 30.5 Å². The van der Waals surface area contributed by atoms with E-state index in [4.69, 9.17) is 9.72 Å². The van der Waals surface area contributed by atoms with Crippen LogP contribution in [0.2, 0.25) is 0 Å². The van der Waals surface area contributed by atoms with Gasteiger partial charge in [-0.15, -0.1) is 0 Å². The summed E-state index contributed by atoms with van der Waals surface area (Å²) in [4.78, 5) is 14.1. The number of rotatable bonds is 4. The average molecular weight is 367 g/mol. The molecule has 0 amide bonds. The molecule has 5 heteroatoms. The van der Waals surface area contributed by atoms with Crippen LogP contribution in [0.5, 0.6) is 5.88 Å². The third-order valence-corrected chi connectivity index (χ3v) is 5.78. The highest BCUT2D eigenvalue weighted by atomic mass is 16.5. The van der Waals surface area contributed by atoms with Crippen molar-refractivity contribution in [2.45, 2.75) is 58.7 Å². The van der Waals surface area contributed by atoms with E-state index in [1.54, 1.807) is 0 Å². The third kappa shape index (κ3) is 4.24. The van der Waals surface area contributed by atoms with Crippen molar-refractivity contribution in [3.05, 3.63) is 47.4 Å². The number of likely N-dealkylation sites (tertiary alicyclic amines) is 1. The minimum atomic E-state index is 0.296. The molecule has 0 unspecified atom stereocenters. The Bertz CT molecular complexity index is 766. The summed E-state index contributed by atoms with van der Waals surface area (Å²) in [6, 6.07) is 9.09. The quantitative estimate of drug-likeness (QED) is 0.827. The third-order valence-electron chi connectivity index (χ3n) is 5.78. The van der Waals surface area contributed by atoms with Crippen molar-refractivity contribution in [3.8, 4) is 5.88 Å². The molecule has 1 saturated heterocycles. The molecule has 4 heterocycles. The van der Waals surface area contributed by atoms with Crippen LogP contribution >= 0.6 is 0 Å². The van der Waals surface area contributed by atoms with Crippen molar-refractivity contribution >= 4 is 5.69 Å². The Balaban J connectivity index is 1.38. The summed E-state index contributed by atoms with van der Waals surface area (Å²) in [6.45, 7) is 10.7. The molecular weight excluding hydrogens is 336 g/mol. The molecule has 0 aliphatic carbocycles. The molecule has 0 spiro atoms. The zero-order valence-electron chi connectivity index (χ0n) is 16.7. The highest BCUT2D eigenvalue weighted by Gasteiger charge is 2.23. The van der Waals surface area contributed by atoms with E-state index in [9.17, 15) is 0 Å². The second kappa shape index (κ2) is 7.85. The lowest BCUT2D eigenvalue weighted by atomic mass is 10.0. The first kappa shape index (κ1) is 18.2. The first-order chi connectivity index (χ1) is 13.1. The van der Waals surface area contributed by atoms with Crippen LogP contribution in [0.1, 0.15) is 43.6 Å². The fourth-order valence-corrected chi connectivity index (χ4v) is 4.01. The zero-order valence-corrected chi connectivity index (χ0v) is 16.7. The molecule has 4 rings (SSSR count). The molecule has 144 valence electrons. The number of pyridine rings is 2. The highest BCUT2D eigenvalue weighted by Crippen LogP contribution is 2.26. The Morgan fingerprint density at radius 3 is 2.59 bits per heavy atom. The van der Waals surface area contributed by atoms with E-state index in [-0.39, 0.29) is 0 Å². The van der Waals surface area contributed by atoms with Gasteiger partial charge in [-0.3, -0.25) is 4.98 Å². The minimum Gasteiger partial charge on any atom is -0.474 e. The number of anilines is 1. The van der Waals surface area contributed by atoms with Gasteiger partial charge in [-0.1, -0.05) is 6.07 Å². The number of aromatic nitrogens is 2. The molecule has 0 radical (unpaired) electrons. The predicted molar refractivity (Wildman–Crippen MR) is 108 cm³/mol. The largest absolute Gasteiger partial charge is 0.474 e. The van der Waals surface area contributed by atoms with Crippen molar-refractivity contribution in [3.63, 3.8) is 0 Å². The van der Waals surface area contributed by atoms with Gasteiger partial charge in [0.2, 0.25) is 5.88 Å². The van der Waals surface area contributed by atoms with Gasteiger partial charge in [-0.2, -0.15) is 0 Å². The van der Waals surface area contributed by atoms with Gasteiger partial charge < -0.3 is 14.5 Å². The summed E-state index contributed by atoms with van der Waals surface area (Å²) in [5.41, 5.74) is 4.72. The molecule has 5 nitrogen and oxygen atoms in total. The number of hydrogen-bond donors (Lipinski definition) is 0. The summed E-state index contributed by atoms with van der Waals surface area (Å²) in [5, 5.41) is 0. The van der Waals surface area contributed by atoms with Crippen LogP contribution in [-0.2, 0) is 13.0 Å². The van der Waals surface area contributed by atoms with Crippen LogP contribution in [0.25, 0.3) is 0 Å². The van der Waals surface area contributed by atoms with Crippen molar-refractivity contribution in [2.24, 2.45) is 0 Å². The molecule has 0 saturated carbocycles. The van der Waals surface area contributed by atoms with Gasteiger partial charge in [0.15, 0.2) is 0 Å². The Morgan fingerprint density at radius 1 is 1.07 bits per heavy atom. The Hall–Kier alpha value is -2.14. The number of ether oxygens (including phenoxy) is 1. The van der Waals surface area contributed by atoms with Crippen LogP contribution < -0.4 is 9.64 Å². The molecule has 2 aliphatic rings. The molecular formula is C22H30N4O. The summed E-state index contributed by atoms with van der Waals surface area (Å²) >= 11 is 0. The van der Waals surface area contributed by atoms with Crippen molar-refractivity contribution in [1.29, 1.82) is 0 Å². The van der Waals surface area contributed by atoms with Crippen molar-refractivity contribution in [1.82, 2.24) is 14.9 Å². The van der Waals surface area contributed by atoms with Gasteiger partial charge in [0.05, 0.1) is 17.6 Å². The van der Waals surface area contributed by atoms with E-state index in [0.717, 1.165) is 57.0 Å². The lowest BCUT2D eigenvalue weighted by Gasteiger charge is -2.34. The SMILES string of the molecule is Cc1ccc(N2CCc3nc(OC4CCN(C(C)C)CC4)ccc3C2)cn1. The minimum absolute atomic E-state index is 0.296. The van der Waals surface area contributed by atoms with E-state index in [2.05, 4.69) is 46.8 Å². The van der Waals surface area contributed by atoms with E-state index in [1.807, 2.05) is 19.2 Å². The van der Waals surface area contributed by atoms with Crippen LogP contribution in [0.4, 0.5) is 5.69 Å². The summed E-state index contributed by atoms with van der Waals surface area (Å²) in [7, 11) is 0. The molecule has 0 N–H and O–H groups in total. The fraction of sp³-hybridized carbons (Fsp3) is 0.545. The highest BCUT2D eigenvalue weighted by molar-refractivity contribution is 5.47. The summed E-state index contributed by atoms with van der Waals surface area (Å²) in [5.74, 6) is 0.794. The maximum Gasteiger partial charge on any atom is 0.213 e. The standard InChI is InChI=1S/C22H30N4O/c1-16(2)25-11-8-20(9-12-25)27-22-7-5-18-15-26(13-10-21(18)24-22)19-6-4-17(3)23-14-19/h4-7,14,16,20H,8-13,15H2,1-3H3. The number of hydrogen-bond acceptors (Lipinski definition) is 5. The van der Waals surface area contributed by atoms with Crippen LogP contribution in [0, 0.1) is 6.92 Å². The van der Waals surface area contributed by atoms with E-state index >= 15 is 0 Å². The average Bonchev–Trinajstić information content (AvgIpc) is 2.68. The molecule has 27 heavy (non-hydrogen) atoms. The maximum atomic E-state index is 6.21. The smallest absolute Gasteiger partial charge is 0.213 e. The van der Waals surface area contributed by atoms with Gasteiger partial charge in [0.1, 0.15) is 6.10 Å². The Kier molecular flexibility index (Phi) is 5.30. The lowest BCUT2D eigenvalue weighted by Crippen LogP contribution is -2.41. The summed E-state index contributed by atoms with van der Waals surface area (Å²) < 4.78 is 6.21. The van der Waals surface area contributed by atoms with Gasteiger partial charge in [-0.25, -0.2) is 4.98 Å². The Labute approximate surface area is 162 Å². The number of piperidine rings is 1. The molecule has 2 aromatic rings. The lowest BCUT2D eigenvalue weighted by molar-refractivity contribution is 0.0811. The first-order valence-electron chi connectivity index (χ1n) is 10.2. The van der Waals surface area contributed by atoms with E-state index < -0.39 is 0 Å². The Morgan fingerprint density at radius 2 is 1.89 bits per heavy atom. The summed E-state index contributed by atoms with van der Waals surface area (Å²) in [6.07, 6.45) is 5.39.